The Morgan fingerprint density at radius 2 is 2.05 bits per heavy atom. The van der Waals surface area contributed by atoms with Crippen LogP contribution < -0.4 is 4.74 Å². The van der Waals surface area contributed by atoms with Crippen LogP contribution in [0, 0.1) is 10.1 Å². The van der Waals surface area contributed by atoms with Gasteiger partial charge in [-0.25, -0.2) is 0 Å². The molecular formula is C14H13NO4. The third kappa shape index (κ3) is 2.54. The SMILES string of the molecule is CC(=O)[C@@]1([N+](=O)[O-])C=CC(Oc2ccccc2)=CC1. The smallest absolute Gasteiger partial charge is 0.301 e. The minimum Gasteiger partial charge on any atom is -0.458 e. The lowest BCUT2D eigenvalue weighted by molar-refractivity contribution is -0.537. The van der Waals surface area contributed by atoms with Gasteiger partial charge in [-0.2, -0.15) is 0 Å². The van der Waals surface area contributed by atoms with Crippen molar-refractivity contribution in [3.05, 3.63) is 64.4 Å². The second-order valence-electron chi connectivity index (χ2n) is 4.30. The summed E-state index contributed by atoms with van der Waals surface area (Å²) >= 11 is 0. The lowest BCUT2D eigenvalue weighted by atomic mass is 9.88. The van der Waals surface area contributed by atoms with E-state index >= 15 is 0 Å². The van der Waals surface area contributed by atoms with Gasteiger partial charge in [0.05, 0.1) is 6.42 Å². The number of rotatable bonds is 4. The van der Waals surface area contributed by atoms with Gasteiger partial charge in [0, 0.05) is 17.9 Å². The predicted octanol–water partition coefficient (Wildman–Crippen LogP) is 2.51. The molecule has 1 aliphatic carbocycles. The number of benzene rings is 1. The largest absolute Gasteiger partial charge is 0.458 e. The molecule has 0 aliphatic heterocycles. The molecule has 0 amide bonds. The van der Waals surface area contributed by atoms with E-state index in [-0.39, 0.29) is 6.42 Å². The summed E-state index contributed by atoms with van der Waals surface area (Å²) < 4.78 is 5.55. The first-order valence-electron chi connectivity index (χ1n) is 5.82. The second kappa shape index (κ2) is 5.06. The van der Waals surface area contributed by atoms with Crippen LogP contribution in [-0.4, -0.2) is 16.2 Å². The molecule has 0 fully saturated rings. The molecule has 5 heteroatoms. The van der Waals surface area contributed by atoms with Gasteiger partial charge in [-0.3, -0.25) is 14.9 Å². The Kier molecular flexibility index (Phi) is 3.46. The van der Waals surface area contributed by atoms with E-state index in [1.54, 1.807) is 18.2 Å². The number of ether oxygens (including phenoxy) is 1. The lowest BCUT2D eigenvalue weighted by Gasteiger charge is -2.21. The van der Waals surface area contributed by atoms with Crippen LogP contribution in [0.25, 0.3) is 0 Å². The molecule has 0 heterocycles. The number of ketones is 1. The Labute approximate surface area is 110 Å². The van der Waals surface area contributed by atoms with E-state index in [9.17, 15) is 14.9 Å². The Hall–Kier alpha value is -2.43. The summed E-state index contributed by atoms with van der Waals surface area (Å²) in [5, 5.41) is 11.0. The Balaban J connectivity index is 2.15. The van der Waals surface area contributed by atoms with Crippen molar-refractivity contribution in [3.63, 3.8) is 0 Å². The normalized spacial score (nSPS) is 21.6. The van der Waals surface area contributed by atoms with Crippen LogP contribution in [0.4, 0.5) is 0 Å². The minimum absolute atomic E-state index is 0.00794. The van der Waals surface area contributed by atoms with Gasteiger partial charge >= 0.3 is 5.54 Å². The first-order chi connectivity index (χ1) is 9.04. The van der Waals surface area contributed by atoms with Gasteiger partial charge in [0.25, 0.3) is 0 Å². The molecule has 0 spiro atoms. The molecule has 1 aromatic carbocycles. The van der Waals surface area contributed by atoms with Crippen molar-refractivity contribution in [2.75, 3.05) is 0 Å². The summed E-state index contributed by atoms with van der Waals surface area (Å²) in [5.41, 5.74) is -1.65. The van der Waals surface area contributed by atoms with E-state index in [0.717, 1.165) is 0 Å². The summed E-state index contributed by atoms with van der Waals surface area (Å²) in [5.74, 6) is 0.670. The van der Waals surface area contributed by atoms with Crippen LogP contribution in [0.15, 0.2) is 54.3 Å². The molecule has 2 rings (SSSR count). The van der Waals surface area contributed by atoms with Gasteiger partial charge in [0.1, 0.15) is 11.5 Å². The highest BCUT2D eigenvalue weighted by atomic mass is 16.6. The van der Waals surface area contributed by atoms with Gasteiger partial charge in [-0.1, -0.05) is 18.2 Å². The molecule has 0 N–H and O–H groups in total. The van der Waals surface area contributed by atoms with Crippen molar-refractivity contribution in [2.24, 2.45) is 0 Å². The highest BCUT2D eigenvalue weighted by Crippen LogP contribution is 2.26. The van der Waals surface area contributed by atoms with Crippen LogP contribution in [-0.2, 0) is 4.79 Å². The maximum atomic E-state index is 11.5. The molecule has 0 aromatic heterocycles. The molecule has 5 nitrogen and oxygen atoms in total. The molecular weight excluding hydrogens is 246 g/mol. The van der Waals surface area contributed by atoms with Gasteiger partial charge < -0.3 is 4.74 Å². The zero-order valence-electron chi connectivity index (χ0n) is 10.4. The fourth-order valence-electron chi connectivity index (χ4n) is 1.84. The maximum Gasteiger partial charge on any atom is 0.301 e. The maximum absolute atomic E-state index is 11.5. The van der Waals surface area contributed by atoms with E-state index in [1.165, 1.54) is 19.1 Å². The summed E-state index contributed by atoms with van der Waals surface area (Å²) in [6.07, 6.45) is 4.35. The highest BCUT2D eigenvalue weighted by molar-refractivity contribution is 5.87. The van der Waals surface area contributed by atoms with Gasteiger partial charge in [0.2, 0.25) is 5.78 Å². The number of carbonyl (C=O) groups is 1. The van der Waals surface area contributed by atoms with Crippen molar-refractivity contribution in [2.45, 2.75) is 18.9 Å². The topological polar surface area (TPSA) is 69.4 Å². The average Bonchev–Trinajstić information content (AvgIpc) is 2.40. The fraction of sp³-hybridized carbons (Fsp3) is 0.214. The van der Waals surface area contributed by atoms with E-state index in [4.69, 9.17) is 4.74 Å². The number of nitrogens with zero attached hydrogens (tertiary/aromatic N) is 1. The molecule has 0 radical (unpaired) electrons. The van der Waals surface area contributed by atoms with Crippen LogP contribution in [0.5, 0.6) is 5.75 Å². The van der Waals surface area contributed by atoms with Crippen molar-refractivity contribution < 1.29 is 14.5 Å². The average molecular weight is 259 g/mol. The summed E-state index contributed by atoms with van der Waals surface area (Å²) in [6, 6.07) is 9.11. The zero-order valence-corrected chi connectivity index (χ0v) is 10.4. The van der Waals surface area contributed by atoms with Gasteiger partial charge in [0.15, 0.2) is 0 Å². The van der Waals surface area contributed by atoms with Crippen LogP contribution in [0.3, 0.4) is 0 Å². The first kappa shape index (κ1) is 13.0. The molecule has 1 aromatic rings. The van der Waals surface area contributed by atoms with Crippen LogP contribution in [0.2, 0.25) is 0 Å². The molecule has 0 saturated heterocycles. The number of hydrogen-bond donors (Lipinski definition) is 0. The highest BCUT2D eigenvalue weighted by Gasteiger charge is 2.46. The van der Waals surface area contributed by atoms with Crippen molar-refractivity contribution in [1.82, 2.24) is 0 Å². The van der Waals surface area contributed by atoms with E-state index < -0.39 is 16.2 Å². The van der Waals surface area contributed by atoms with Crippen LogP contribution >= 0.6 is 0 Å². The third-order valence-electron chi connectivity index (χ3n) is 3.05. The van der Waals surface area contributed by atoms with Gasteiger partial charge in [-0.05, 0) is 24.3 Å². The van der Waals surface area contributed by atoms with Crippen LogP contribution in [0.1, 0.15) is 13.3 Å². The quantitative estimate of drug-likeness (QED) is 0.615. The molecule has 0 saturated carbocycles. The van der Waals surface area contributed by atoms with E-state index in [1.807, 2.05) is 18.2 Å². The lowest BCUT2D eigenvalue weighted by Crippen LogP contribution is -2.44. The molecule has 0 bridgehead atoms. The monoisotopic (exact) mass is 259 g/mol. The summed E-state index contributed by atoms with van der Waals surface area (Å²) in [6.45, 7) is 1.23. The fourth-order valence-corrected chi connectivity index (χ4v) is 1.84. The van der Waals surface area contributed by atoms with Crippen molar-refractivity contribution in [1.29, 1.82) is 0 Å². The van der Waals surface area contributed by atoms with Crippen molar-refractivity contribution in [3.8, 4) is 5.75 Å². The van der Waals surface area contributed by atoms with E-state index in [2.05, 4.69) is 0 Å². The van der Waals surface area contributed by atoms with Crippen molar-refractivity contribution >= 4 is 5.78 Å². The minimum atomic E-state index is -1.65. The number of carbonyl (C=O) groups excluding carboxylic acids is 1. The summed E-state index contributed by atoms with van der Waals surface area (Å²) in [7, 11) is 0. The van der Waals surface area contributed by atoms with E-state index in [0.29, 0.717) is 11.5 Å². The standard InChI is InChI=1S/C14H13NO4/c1-11(16)14(15(17)18)9-7-13(8-10-14)19-12-5-3-2-4-6-12/h2-9H,10H2,1H3/t14-/m1/s1. The molecule has 1 atom stereocenters. The Bertz CT molecular complexity index is 546. The third-order valence-corrected chi connectivity index (χ3v) is 3.05. The Morgan fingerprint density at radius 1 is 1.37 bits per heavy atom. The number of nitro groups is 1. The molecule has 1 aliphatic rings. The predicted molar refractivity (Wildman–Crippen MR) is 69.3 cm³/mol. The molecule has 98 valence electrons. The second-order valence-corrected chi connectivity index (χ2v) is 4.30. The van der Waals surface area contributed by atoms with Gasteiger partial charge in [-0.15, -0.1) is 0 Å². The summed E-state index contributed by atoms with van der Waals surface area (Å²) in [4.78, 5) is 22.0. The molecule has 19 heavy (non-hydrogen) atoms. The number of allylic oxidation sites excluding steroid dienone is 1. The Morgan fingerprint density at radius 3 is 2.53 bits per heavy atom. The first-order valence-corrected chi connectivity index (χ1v) is 5.82. The zero-order chi connectivity index (χ0) is 13.9. The molecule has 0 unspecified atom stereocenters. The number of para-hydroxylation sites is 1. The number of Topliss-reactive ketones (excluding diaryl/α,β-unsaturated/α-hetero) is 1. The number of hydrogen-bond acceptors (Lipinski definition) is 4.